The molecule has 0 aromatic heterocycles. The molecule has 0 aliphatic carbocycles. The summed E-state index contributed by atoms with van der Waals surface area (Å²) in [6, 6.07) is 13.9. The van der Waals surface area contributed by atoms with Crippen LogP contribution in [0.1, 0.15) is 30.9 Å². The number of halogens is 1. The van der Waals surface area contributed by atoms with E-state index in [1.165, 1.54) is 12.1 Å². The van der Waals surface area contributed by atoms with E-state index < -0.39 is 0 Å². The molecule has 3 rings (SSSR count). The van der Waals surface area contributed by atoms with Crippen LogP contribution in [-0.4, -0.2) is 36.3 Å². The average Bonchev–Trinajstić information content (AvgIpc) is 3.15. The minimum atomic E-state index is -0.306. The maximum Gasteiger partial charge on any atom is 0.222 e. The second kappa shape index (κ2) is 8.66. The van der Waals surface area contributed by atoms with Crippen molar-refractivity contribution >= 4 is 11.6 Å². The lowest BCUT2D eigenvalue weighted by molar-refractivity contribution is -0.133. The van der Waals surface area contributed by atoms with Crippen molar-refractivity contribution < 1.29 is 18.8 Å². The van der Waals surface area contributed by atoms with Crippen LogP contribution in [0.3, 0.4) is 0 Å². The molecule has 1 aliphatic heterocycles. The van der Waals surface area contributed by atoms with Gasteiger partial charge in [0.1, 0.15) is 11.6 Å². The Balaban J connectivity index is 1.66. The molecule has 1 aliphatic rings. The quantitative estimate of drug-likeness (QED) is 0.746. The summed E-state index contributed by atoms with van der Waals surface area (Å²) in [5.74, 6) is 0.491. The number of carbonyl (C=O) groups excluding carboxylic acids is 1. The molecular formula is C21H23FN2O3. The molecule has 0 radical (unpaired) electrons. The number of benzene rings is 2. The molecule has 0 saturated heterocycles. The van der Waals surface area contributed by atoms with Crippen LogP contribution >= 0.6 is 0 Å². The number of amides is 1. The van der Waals surface area contributed by atoms with Crippen LogP contribution in [-0.2, 0) is 16.2 Å². The van der Waals surface area contributed by atoms with Gasteiger partial charge in [-0.25, -0.2) is 4.39 Å². The van der Waals surface area contributed by atoms with Crippen LogP contribution in [0.25, 0.3) is 0 Å². The van der Waals surface area contributed by atoms with E-state index in [4.69, 9.17) is 9.57 Å². The van der Waals surface area contributed by atoms with Gasteiger partial charge in [-0.3, -0.25) is 4.79 Å². The molecule has 0 spiro atoms. The zero-order chi connectivity index (χ0) is 19.2. The first-order valence-electron chi connectivity index (χ1n) is 8.98. The Labute approximate surface area is 158 Å². The molecule has 0 bridgehead atoms. The van der Waals surface area contributed by atoms with Crippen molar-refractivity contribution in [2.75, 3.05) is 13.7 Å². The zero-order valence-corrected chi connectivity index (χ0v) is 15.5. The lowest BCUT2D eigenvalue weighted by atomic mass is 10.0. The predicted molar refractivity (Wildman–Crippen MR) is 101 cm³/mol. The van der Waals surface area contributed by atoms with Gasteiger partial charge in [0.25, 0.3) is 0 Å². The Morgan fingerprint density at radius 2 is 2.11 bits per heavy atom. The number of ether oxygens (including phenoxy) is 1. The Kier molecular flexibility index (Phi) is 6.06. The van der Waals surface area contributed by atoms with E-state index in [2.05, 4.69) is 5.16 Å². The summed E-state index contributed by atoms with van der Waals surface area (Å²) in [6.45, 7) is 2.73. The first kappa shape index (κ1) is 18.9. The van der Waals surface area contributed by atoms with Crippen molar-refractivity contribution in [3.8, 4) is 5.75 Å². The van der Waals surface area contributed by atoms with Crippen molar-refractivity contribution in [2.24, 2.45) is 5.16 Å². The van der Waals surface area contributed by atoms with Gasteiger partial charge in [-0.2, -0.15) is 0 Å². The second-order valence-corrected chi connectivity index (χ2v) is 6.46. The van der Waals surface area contributed by atoms with E-state index in [1.807, 2.05) is 31.2 Å². The minimum absolute atomic E-state index is 0.0422. The predicted octanol–water partition coefficient (Wildman–Crippen LogP) is 3.77. The third kappa shape index (κ3) is 4.84. The van der Waals surface area contributed by atoms with Crippen LogP contribution in [0.15, 0.2) is 53.7 Å². The molecule has 27 heavy (non-hydrogen) atoms. The highest BCUT2D eigenvalue weighted by atomic mass is 19.1. The standard InChI is InChI=1S/C21H23FN2O3/c1-3-21(25)24(13-15-6-4-9-18(10-15)26-2)14-19-12-20(23-27-19)16-7-5-8-17(22)11-16/h4-11,19H,3,12-14H2,1-2H3/t19-/m0/s1. The summed E-state index contributed by atoms with van der Waals surface area (Å²) in [7, 11) is 1.62. The van der Waals surface area contributed by atoms with E-state index >= 15 is 0 Å². The number of hydrogen-bond donors (Lipinski definition) is 0. The summed E-state index contributed by atoms with van der Waals surface area (Å²) in [6.07, 6.45) is 0.702. The van der Waals surface area contributed by atoms with E-state index in [0.717, 1.165) is 11.3 Å². The number of rotatable bonds is 7. The third-order valence-corrected chi connectivity index (χ3v) is 4.48. The molecule has 0 saturated carbocycles. The molecule has 1 heterocycles. The molecule has 1 amide bonds. The molecule has 0 fully saturated rings. The first-order chi connectivity index (χ1) is 13.1. The van der Waals surface area contributed by atoms with Crippen LogP contribution in [0, 0.1) is 5.82 Å². The molecular weight excluding hydrogens is 347 g/mol. The molecule has 0 N–H and O–H groups in total. The first-order valence-corrected chi connectivity index (χ1v) is 8.98. The summed E-state index contributed by atoms with van der Waals surface area (Å²) in [4.78, 5) is 19.7. The highest BCUT2D eigenvalue weighted by molar-refractivity contribution is 6.01. The fraction of sp³-hybridized carbons (Fsp3) is 0.333. The van der Waals surface area contributed by atoms with Gasteiger partial charge in [0.05, 0.1) is 19.4 Å². The molecule has 0 unspecified atom stereocenters. The SMILES string of the molecule is CCC(=O)N(Cc1cccc(OC)c1)C[C@@H]1CC(c2cccc(F)c2)=NO1. The molecule has 142 valence electrons. The Morgan fingerprint density at radius 3 is 2.85 bits per heavy atom. The average molecular weight is 370 g/mol. The van der Waals surface area contributed by atoms with Crippen LogP contribution < -0.4 is 4.74 Å². The maximum absolute atomic E-state index is 13.4. The lowest BCUT2D eigenvalue weighted by Gasteiger charge is -2.24. The van der Waals surface area contributed by atoms with Crippen LogP contribution in [0.5, 0.6) is 5.75 Å². The zero-order valence-electron chi connectivity index (χ0n) is 15.5. The molecule has 2 aromatic rings. The van der Waals surface area contributed by atoms with Gasteiger partial charge >= 0.3 is 0 Å². The van der Waals surface area contributed by atoms with Crippen molar-refractivity contribution in [3.63, 3.8) is 0 Å². The van der Waals surface area contributed by atoms with Gasteiger partial charge in [-0.15, -0.1) is 0 Å². The Hall–Kier alpha value is -2.89. The summed E-state index contributed by atoms with van der Waals surface area (Å²) >= 11 is 0. The van der Waals surface area contributed by atoms with Crippen molar-refractivity contribution in [1.29, 1.82) is 0 Å². The van der Waals surface area contributed by atoms with E-state index in [0.29, 0.717) is 37.2 Å². The number of carbonyl (C=O) groups is 1. The molecule has 5 nitrogen and oxygen atoms in total. The van der Waals surface area contributed by atoms with Crippen molar-refractivity contribution in [3.05, 3.63) is 65.5 Å². The van der Waals surface area contributed by atoms with E-state index in [9.17, 15) is 9.18 Å². The number of hydrogen-bond acceptors (Lipinski definition) is 4. The van der Waals surface area contributed by atoms with Crippen LogP contribution in [0.2, 0.25) is 0 Å². The highest BCUT2D eigenvalue weighted by Crippen LogP contribution is 2.20. The van der Waals surface area contributed by atoms with Gasteiger partial charge in [0.2, 0.25) is 5.91 Å². The normalized spacial score (nSPS) is 15.8. The fourth-order valence-electron chi connectivity index (χ4n) is 3.08. The summed E-state index contributed by atoms with van der Waals surface area (Å²) in [5, 5.41) is 4.09. The number of oxime groups is 1. The molecule has 2 aromatic carbocycles. The lowest BCUT2D eigenvalue weighted by Crippen LogP contribution is -2.36. The highest BCUT2D eigenvalue weighted by Gasteiger charge is 2.26. The van der Waals surface area contributed by atoms with Crippen molar-refractivity contribution in [2.45, 2.75) is 32.4 Å². The Bertz CT molecular complexity index is 838. The monoisotopic (exact) mass is 370 g/mol. The smallest absolute Gasteiger partial charge is 0.222 e. The van der Waals surface area contributed by atoms with Crippen LogP contribution in [0.4, 0.5) is 4.39 Å². The third-order valence-electron chi connectivity index (χ3n) is 4.48. The topological polar surface area (TPSA) is 51.1 Å². The molecule has 1 atom stereocenters. The van der Waals surface area contributed by atoms with Crippen molar-refractivity contribution in [1.82, 2.24) is 4.90 Å². The largest absolute Gasteiger partial charge is 0.497 e. The van der Waals surface area contributed by atoms with Gasteiger partial charge < -0.3 is 14.5 Å². The maximum atomic E-state index is 13.4. The van der Waals surface area contributed by atoms with E-state index in [-0.39, 0.29) is 17.8 Å². The van der Waals surface area contributed by atoms with Gasteiger partial charge in [-0.05, 0) is 29.8 Å². The Morgan fingerprint density at radius 1 is 1.30 bits per heavy atom. The van der Waals surface area contributed by atoms with Gasteiger partial charge in [0.15, 0.2) is 6.10 Å². The second-order valence-electron chi connectivity index (χ2n) is 6.46. The van der Waals surface area contributed by atoms with E-state index in [1.54, 1.807) is 24.1 Å². The van der Waals surface area contributed by atoms with Gasteiger partial charge in [-0.1, -0.05) is 36.3 Å². The number of nitrogens with zero attached hydrogens (tertiary/aromatic N) is 2. The fourth-order valence-corrected chi connectivity index (χ4v) is 3.08. The summed E-state index contributed by atoms with van der Waals surface area (Å²) < 4.78 is 18.7. The minimum Gasteiger partial charge on any atom is -0.497 e. The number of methoxy groups -OCH3 is 1. The van der Waals surface area contributed by atoms with Gasteiger partial charge in [0, 0.05) is 24.9 Å². The molecule has 6 heteroatoms. The summed E-state index contributed by atoms with van der Waals surface area (Å²) in [5.41, 5.74) is 2.39.